The Balaban J connectivity index is 1.69. The van der Waals surface area contributed by atoms with Crippen molar-refractivity contribution >= 4 is 46.6 Å². The SMILES string of the molecule is CCOC(=O)Cn1c2c(sc1=O)C(c1ccccc1OC)C1C(=O)N(c3ccccc3C(F)(F)F)C(=O)C1S2. The molecule has 3 unspecified atom stereocenters. The predicted molar refractivity (Wildman–Crippen MR) is 137 cm³/mol. The lowest BCUT2D eigenvalue weighted by atomic mass is 9.82. The number of para-hydroxylation sites is 2. The normalized spacial score (nSPS) is 20.5. The highest BCUT2D eigenvalue weighted by Crippen LogP contribution is 2.55. The van der Waals surface area contributed by atoms with Gasteiger partial charge in [-0.3, -0.25) is 23.7 Å². The summed E-state index contributed by atoms with van der Waals surface area (Å²) in [7, 11) is 1.43. The minimum atomic E-state index is -4.81. The van der Waals surface area contributed by atoms with Gasteiger partial charge in [0.2, 0.25) is 11.8 Å². The van der Waals surface area contributed by atoms with Crippen LogP contribution < -0.4 is 14.5 Å². The number of hydrogen-bond donors (Lipinski definition) is 0. The van der Waals surface area contributed by atoms with Crippen molar-refractivity contribution in [2.45, 2.75) is 35.8 Å². The lowest BCUT2D eigenvalue weighted by Gasteiger charge is -2.31. The number of thiazole rings is 1. The zero-order valence-electron chi connectivity index (χ0n) is 20.6. The maximum atomic E-state index is 13.9. The number of benzene rings is 2. The molecule has 2 aliphatic rings. The zero-order valence-corrected chi connectivity index (χ0v) is 22.2. The fourth-order valence-corrected chi connectivity index (χ4v) is 7.76. The first-order valence-electron chi connectivity index (χ1n) is 11.8. The predicted octanol–water partition coefficient (Wildman–Crippen LogP) is 4.30. The lowest BCUT2D eigenvalue weighted by molar-refractivity contribution is -0.144. The number of methoxy groups -OCH3 is 1. The third-order valence-electron chi connectivity index (χ3n) is 6.57. The molecule has 0 bridgehead atoms. The lowest BCUT2D eigenvalue weighted by Crippen LogP contribution is -2.33. The average Bonchev–Trinajstić information content (AvgIpc) is 3.34. The summed E-state index contributed by atoms with van der Waals surface area (Å²) in [4.78, 5) is 53.5. The van der Waals surface area contributed by atoms with Crippen molar-refractivity contribution in [3.63, 3.8) is 0 Å². The molecule has 13 heteroatoms. The van der Waals surface area contributed by atoms with Crippen LogP contribution in [0, 0.1) is 5.92 Å². The number of alkyl halides is 3. The number of rotatable bonds is 6. The van der Waals surface area contributed by atoms with Gasteiger partial charge in [0, 0.05) is 16.4 Å². The molecule has 8 nitrogen and oxygen atoms in total. The van der Waals surface area contributed by atoms with Crippen LogP contribution in [-0.4, -0.2) is 41.3 Å². The summed E-state index contributed by atoms with van der Waals surface area (Å²) in [6.45, 7) is 1.31. The van der Waals surface area contributed by atoms with Crippen molar-refractivity contribution in [2.75, 3.05) is 18.6 Å². The molecule has 0 saturated carbocycles. The number of nitrogens with zero attached hydrogens (tertiary/aromatic N) is 2. The number of imide groups is 1. The van der Waals surface area contributed by atoms with Crippen LogP contribution in [0.2, 0.25) is 0 Å². The van der Waals surface area contributed by atoms with Gasteiger partial charge in [0.25, 0.3) is 0 Å². The molecule has 2 aliphatic heterocycles. The van der Waals surface area contributed by atoms with E-state index in [0.717, 1.165) is 35.2 Å². The average molecular weight is 579 g/mol. The van der Waals surface area contributed by atoms with Gasteiger partial charge in [0.05, 0.1) is 35.9 Å². The number of esters is 1. The van der Waals surface area contributed by atoms with Crippen molar-refractivity contribution in [3.8, 4) is 5.75 Å². The van der Waals surface area contributed by atoms with Crippen molar-refractivity contribution in [3.05, 3.63) is 74.2 Å². The number of halogens is 3. The van der Waals surface area contributed by atoms with Gasteiger partial charge in [-0.05, 0) is 25.1 Å². The molecule has 1 aromatic heterocycles. The number of carbonyl (C=O) groups excluding carboxylic acids is 3. The highest BCUT2D eigenvalue weighted by molar-refractivity contribution is 8.00. The van der Waals surface area contributed by atoms with Crippen LogP contribution in [0.25, 0.3) is 0 Å². The quantitative estimate of drug-likeness (QED) is 0.318. The molecule has 204 valence electrons. The number of anilines is 1. The molecule has 3 atom stereocenters. The minimum absolute atomic E-state index is 0.0994. The van der Waals surface area contributed by atoms with Crippen LogP contribution >= 0.6 is 23.1 Å². The van der Waals surface area contributed by atoms with Crippen molar-refractivity contribution in [2.24, 2.45) is 5.92 Å². The van der Waals surface area contributed by atoms with E-state index >= 15 is 0 Å². The molecular formula is C26H21F3N2O6S2. The van der Waals surface area contributed by atoms with Crippen molar-refractivity contribution in [1.82, 2.24) is 4.57 Å². The molecule has 3 aromatic rings. The third kappa shape index (κ3) is 4.52. The van der Waals surface area contributed by atoms with Gasteiger partial charge in [-0.1, -0.05) is 53.4 Å². The van der Waals surface area contributed by atoms with Gasteiger partial charge in [0.1, 0.15) is 17.5 Å². The summed E-state index contributed by atoms with van der Waals surface area (Å²) in [5.41, 5.74) is -1.17. The fraction of sp³-hybridized carbons (Fsp3) is 0.308. The topological polar surface area (TPSA) is 94.9 Å². The Bertz CT molecular complexity index is 1530. The number of amides is 2. The molecule has 39 heavy (non-hydrogen) atoms. The fourth-order valence-electron chi connectivity index (χ4n) is 5.00. The van der Waals surface area contributed by atoms with E-state index in [1.807, 2.05) is 0 Å². The Labute approximate surface area is 228 Å². The number of hydrogen-bond acceptors (Lipinski definition) is 8. The molecule has 0 spiro atoms. The van der Waals surface area contributed by atoms with Crippen LogP contribution in [0.5, 0.6) is 5.75 Å². The van der Waals surface area contributed by atoms with Crippen molar-refractivity contribution in [1.29, 1.82) is 0 Å². The Morgan fingerprint density at radius 3 is 2.41 bits per heavy atom. The van der Waals surface area contributed by atoms with E-state index in [0.29, 0.717) is 26.1 Å². The van der Waals surface area contributed by atoms with Crippen LogP contribution in [0.3, 0.4) is 0 Å². The van der Waals surface area contributed by atoms with Crippen LogP contribution in [-0.2, 0) is 31.8 Å². The van der Waals surface area contributed by atoms with Crippen LogP contribution in [0.1, 0.15) is 28.8 Å². The van der Waals surface area contributed by atoms with Gasteiger partial charge in [0.15, 0.2) is 0 Å². The van der Waals surface area contributed by atoms with Gasteiger partial charge < -0.3 is 9.47 Å². The number of aromatic nitrogens is 1. The third-order valence-corrected chi connectivity index (χ3v) is 9.17. The van der Waals surface area contributed by atoms with E-state index in [4.69, 9.17) is 9.47 Å². The molecule has 1 fully saturated rings. The summed E-state index contributed by atoms with van der Waals surface area (Å²) < 4.78 is 53.3. The van der Waals surface area contributed by atoms with Crippen molar-refractivity contribution < 1.29 is 37.0 Å². The Morgan fingerprint density at radius 1 is 1.03 bits per heavy atom. The molecule has 2 aromatic carbocycles. The highest BCUT2D eigenvalue weighted by Gasteiger charge is 2.58. The summed E-state index contributed by atoms with van der Waals surface area (Å²) in [6.07, 6.45) is -4.81. The first kappa shape index (κ1) is 27.0. The van der Waals surface area contributed by atoms with Crippen LogP contribution in [0.15, 0.2) is 58.4 Å². The largest absolute Gasteiger partial charge is 0.496 e. The molecule has 0 N–H and O–H groups in total. The summed E-state index contributed by atoms with van der Waals surface area (Å²) in [5, 5.41) is -0.856. The maximum absolute atomic E-state index is 13.9. The van der Waals surface area contributed by atoms with Gasteiger partial charge >= 0.3 is 17.0 Å². The monoisotopic (exact) mass is 578 g/mol. The molecule has 2 amide bonds. The number of carbonyl (C=O) groups is 3. The van der Waals surface area contributed by atoms with Gasteiger partial charge in [-0.2, -0.15) is 13.2 Å². The molecular weight excluding hydrogens is 557 g/mol. The van der Waals surface area contributed by atoms with Crippen LogP contribution in [0.4, 0.5) is 18.9 Å². The summed E-state index contributed by atoms with van der Waals surface area (Å²) >= 11 is 1.72. The molecule has 1 saturated heterocycles. The van der Waals surface area contributed by atoms with E-state index in [9.17, 15) is 32.3 Å². The number of thioether (sulfide) groups is 1. The Morgan fingerprint density at radius 2 is 1.72 bits per heavy atom. The van der Waals surface area contributed by atoms with E-state index in [1.165, 1.54) is 23.8 Å². The Kier molecular flexibility index (Phi) is 7.06. The Hall–Kier alpha value is -3.58. The molecule has 0 aliphatic carbocycles. The first-order valence-corrected chi connectivity index (χ1v) is 13.5. The van der Waals surface area contributed by atoms with E-state index in [2.05, 4.69) is 0 Å². The minimum Gasteiger partial charge on any atom is -0.496 e. The highest BCUT2D eigenvalue weighted by atomic mass is 32.2. The molecule has 3 heterocycles. The van der Waals surface area contributed by atoms with E-state index in [-0.39, 0.29) is 6.61 Å². The second-order valence-corrected chi connectivity index (χ2v) is 10.9. The first-order chi connectivity index (χ1) is 18.6. The second kappa shape index (κ2) is 10.2. The second-order valence-electron chi connectivity index (χ2n) is 8.74. The smallest absolute Gasteiger partial charge is 0.418 e. The summed E-state index contributed by atoms with van der Waals surface area (Å²) in [6, 6.07) is 11.2. The maximum Gasteiger partial charge on any atom is 0.418 e. The number of ether oxygens (including phenoxy) is 2. The standard InChI is InChI=1S/C26H21F3N2O6S2/c1-3-37-17(32)12-30-24-21(39-25(30)35)18(13-8-4-7-11-16(13)36-2)19-20(38-24)23(34)31(22(19)33)15-10-6-5-9-14(15)26(27,28)29/h4-11,18-20H,3,12H2,1-2H3. The van der Waals surface area contributed by atoms with Gasteiger partial charge in [-0.15, -0.1) is 0 Å². The van der Waals surface area contributed by atoms with Gasteiger partial charge in [-0.25, -0.2) is 4.90 Å². The van der Waals surface area contributed by atoms with E-state index < -0.39 is 63.7 Å². The molecule has 0 radical (unpaired) electrons. The molecule has 5 rings (SSSR count). The number of fused-ring (bicyclic) bond motifs is 2. The summed E-state index contributed by atoms with van der Waals surface area (Å²) in [5.74, 6) is -3.94. The zero-order chi connectivity index (χ0) is 28.1. The van der Waals surface area contributed by atoms with E-state index in [1.54, 1.807) is 31.2 Å².